The van der Waals surface area contributed by atoms with Crippen LogP contribution in [0.1, 0.15) is 115 Å². The molecule has 0 spiro atoms. The molecule has 0 radical (unpaired) electrons. The van der Waals surface area contributed by atoms with Crippen LogP contribution in [0.2, 0.25) is 0 Å². The van der Waals surface area contributed by atoms with Crippen molar-refractivity contribution in [2.45, 2.75) is 121 Å². The minimum absolute atomic E-state index is 0.00807. The van der Waals surface area contributed by atoms with E-state index in [0.717, 1.165) is 32.5 Å². The molecule has 0 aliphatic heterocycles. The number of nitrogens with zero attached hydrogens (tertiary/aromatic N) is 3. The normalized spacial score (nSPS) is 11.6. The van der Waals surface area contributed by atoms with Gasteiger partial charge >= 0.3 is 0 Å². The molecule has 0 aliphatic rings. The standard InChI is InChI=1S/C62H123N5O20.C2H6/c1-10-59(68)63-15-27-75-38-46-84-49-43-80-31-19-66(20-32-81-44-50-85-47-39-76-28-16-64-60(69)53-57(6)7)61(70)13-25-73-35-40-77-29-17-65(58(8)9)18-30-78-41-36-74-26-14-62(71)67(22-34-82-51-52-87-54-86-24-12-56(4)5)21-33-79-42-48-83-45-37-72-23-11-55(2)3;1-2/h55-58H,10-54H2,1-9H3,(H,63,68)(H,64,69);1-2H3. The van der Waals surface area contributed by atoms with E-state index in [4.69, 9.17) is 75.8 Å². The van der Waals surface area contributed by atoms with E-state index in [-0.39, 0.29) is 62.5 Å². The average molecular weight is 1290 g/mol. The van der Waals surface area contributed by atoms with Gasteiger partial charge in [0.2, 0.25) is 23.6 Å². The van der Waals surface area contributed by atoms with Gasteiger partial charge in [-0.3, -0.25) is 24.1 Å². The third-order valence-electron chi connectivity index (χ3n) is 12.7. The number of hydrogen-bond acceptors (Lipinski definition) is 21. The molecule has 0 bridgehead atoms. The zero-order chi connectivity index (χ0) is 65.9. The Kier molecular flexibility index (Phi) is 69.0. The van der Waals surface area contributed by atoms with E-state index in [1.807, 2.05) is 27.7 Å². The summed E-state index contributed by atoms with van der Waals surface area (Å²) in [7, 11) is 0. The Labute approximate surface area is 538 Å². The third-order valence-corrected chi connectivity index (χ3v) is 12.7. The van der Waals surface area contributed by atoms with Crippen LogP contribution in [-0.4, -0.2) is 302 Å². The van der Waals surface area contributed by atoms with E-state index >= 15 is 0 Å². The fourth-order valence-corrected chi connectivity index (χ4v) is 7.45. The minimum atomic E-state index is -0.0710. The Balaban J connectivity index is 0. The molecule has 2 N–H and O–H groups in total. The highest BCUT2D eigenvalue weighted by molar-refractivity contribution is 5.77. The number of ether oxygens (including phenoxy) is 16. The summed E-state index contributed by atoms with van der Waals surface area (Å²) in [6, 6.07) is 0.285. The van der Waals surface area contributed by atoms with Gasteiger partial charge in [-0.15, -0.1) is 0 Å². The number of amides is 4. The van der Waals surface area contributed by atoms with Crippen molar-refractivity contribution < 1.29 is 95.0 Å². The number of nitrogens with one attached hydrogen (secondary N) is 2. The fraction of sp³-hybridized carbons (Fsp3) is 0.938. The molecule has 25 heteroatoms. The van der Waals surface area contributed by atoms with Gasteiger partial charge in [-0.05, 0) is 44.4 Å². The van der Waals surface area contributed by atoms with Crippen LogP contribution in [0.15, 0.2) is 0 Å². The molecular formula is C64H129N5O20. The number of carbonyl (C=O) groups is 4. The van der Waals surface area contributed by atoms with Crippen LogP contribution in [0.25, 0.3) is 0 Å². The predicted octanol–water partition coefficient (Wildman–Crippen LogP) is 5.16. The van der Waals surface area contributed by atoms with Crippen molar-refractivity contribution in [2.24, 2.45) is 17.8 Å². The van der Waals surface area contributed by atoms with E-state index in [1.54, 1.807) is 16.7 Å². The molecule has 0 fully saturated rings. The van der Waals surface area contributed by atoms with Gasteiger partial charge in [-0.25, -0.2) is 0 Å². The second-order valence-electron chi connectivity index (χ2n) is 21.9. The first-order chi connectivity index (χ1) is 43.3. The van der Waals surface area contributed by atoms with Gasteiger partial charge in [0.1, 0.15) is 6.79 Å². The van der Waals surface area contributed by atoms with E-state index in [1.165, 1.54) is 0 Å². The largest absolute Gasteiger partial charge is 0.379 e. The molecule has 0 heterocycles. The lowest BCUT2D eigenvalue weighted by Gasteiger charge is -2.26. The van der Waals surface area contributed by atoms with Crippen molar-refractivity contribution in [3.05, 3.63) is 0 Å². The molecule has 0 aromatic carbocycles. The summed E-state index contributed by atoms with van der Waals surface area (Å²) < 4.78 is 90.8. The molecular weight excluding hydrogens is 1160 g/mol. The molecule has 0 aromatic rings. The maximum absolute atomic E-state index is 13.3. The van der Waals surface area contributed by atoms with E-state index in [0.29, 0.717) is 248 Å². The molecule has 0 rings (SSSR count). The molecule has 0 saturated heterocycles. The summed E-state index contributed by atoms with van der Waals surface area (Å²) in [4.78, 5) is 55.4. The second-order valence-corrected chi connectivity index (χ2v) is 21.9. The Morgan fingerprint density at radius 2 is 0.584 bits per heavy atom. The molecule has 530 valence electrons. The Bertz CT molecular complexity index is 1530. The smallest absolute Gasteiger partial charge is 0.225 e. The van der Waals surface area contributed by atoms with Crippen molar-refractivity contribution in [1.29, 1.82) is 0 Å². The molecule has 4 amide bonds. The number of hydrogen-bond donors (Lipinski definition) is 2. The number of rotatable bonds is 69. The summed E-state index contributed by atoms with van der Waals surface area (Å²) in [5, 5.41) is 5.60. The third kappa shape index (κ3) is 66.5. The lowest BCUT2D eigenvalue weighted by molar-refractivity contribution is -0.135. The Hall–Kier alpha value is -2.80. The molecule has 25 nitrogen and oxygen atoms in total. The Morgan fingerprint density at radius 1 is 0.315 bits per heavy atom. The van der Waals surface area contributed by atoms with Gasteiger partial charge in [-0.2, -0.15) is 0 Å². The SMILES string of the molecule is CC.CCC(=O)NCCOCCOCCOCCN(CCOCCOCCOCCNC(=O)CC(C)C)C(=O)CCOCCOCCN(CCOCCOCCC(=O)N(CCOCCOCCOCCC(C)C)CCOCCOCOCCC(C)C)C(C)C. The van der Waals surface area contributed by atoms with Crippen LogP contribution in [0.4, 0.5) is 0 Å². The van der Waals surface area contributed by atoms with Gasteiger partial charge in [0.05, 0.1) is 198 Å². The summed E-state index contributed by atoms with van der Waals surface area (Å²) in [5.41, 5.74) is 0. The van der Waals surface area contributed by atoms with Crippen LogP contribution in [0.3, 0.4) is 0 Å². The highest BCUT2D eigenvalue weighted by Crippen LogP contribution is 2.04. The van der Waals surface area contributed by atoms with Crippen molar-refractivity contribution in [2.75, 3.05) is 257 Å². The predicted molar refractivity (Wildman–Crippen MR) is 343 cm³/mol. The maximum atomic E-state index is 13.3. The molecule has 0 aromatic heterocycles. The lowest BCUT2D eigenvalue weighted by Crippen LogP contribution is -2.37. The van der Waals surface area contributed by atoms with Gasteiger partial charge < -0.3 is 96.2 Å². The minimum Gasteiger partial charge on any atom is -0.379 e. The molecule has 89 heavy (non-hydrogen) atoms. The topological polar surface area (TPSA) is 250 Å². The van der Waals surface area contributed by atoms with Gasteiger partial charge in [0.15, 0.2) is 0 Å². The van der Waals surface area contributed by atoms with E-state index < -0.39 is 0 Å². The van der Waals surface area contributed by atoms with Crippen molar-refractivity contribution in [1.82, 2.24) is 25.3 Å². The van der Waals surface area contributed by atoms with Crippen LogP contribution in [0.5, 0.6) is 0 Å². The summed E-state index contributed by atoms with van der Waals surface area (Å²) in [6.45, 7) is 39.6. The Morgan fingerprint density at radius 3 is 0.910 bits per heavy atom. The molecule has 0 atom stereocenters. The van der Waals surface area contributed by atoms with E-state index in [2.05, 4.69) is 57.1 Å². The highest BCUT2D eigenvalue weighted by Gasteiger charge is 2.16. The van der Waals surface area contributed by atoms with Crippen molar-refractivity contribution in [3.63, 3.8) is 0 Å². The first-order valence-electron chi connectivity index (χ1n) is 33.3. The van der Waals surface area contributed by atoms with Gasteiger partial charge in [-0.1, -0.05) is 62.3 Å². The van der Waals surface area contributed by atoms with Gasteiger partial charge in [0, 0.05) is 84.5 Å². The molecule has 0 unspecified atom stereocenters. The lowest BCUT2D eigenvalue weighted by atomic mass is 10.1. The first kappa shape index (κ1) is 88.3. The average Bonchev–Trinajstić information content (AvgIpc) is 3.51. The molecule has 0 saturated carbocycles. The van der Waals surface area contributed by atoms with Crippen molar-refractivity contribution >= 4 is 23.6 Å². The highest BCUT2D eigenvalue weighted by atomic mass is 16.7. The van der Waals surface area contributed by atoms with Crippen LogP contribution < -0.4 is 10.6 Å². The fourth-order valence-electron chi connectivity index (χ4n) is 7.45. The van der Waals surface area contributed by atoms with Crippen LogP contribution in [0, 0.1) is 17.8 Å². The number of carbonyl (C=O) groups excluding carboxylic acids is 4. The van der Waals surface area contributed by atoms with Crippen LogP contribution in [-0.2, 0) is 95.0 Å². The monoisotopic (exact) mass is 1290 g/mol. The second kappa shape index (κ2) is 69.5. The molecule has 0 aliphatic carbocycles. The van der Waals surface area contributed by atoms with Gasteiger partial charge in [0.25, 0.3) is 0 Å². The quantitative estimate of drug-likeness (QED) is 0.0589. The summed E-state index contributed by atoms with van der Waals surface area (Å²) >= 11 is 0. The first-order valence-corrected chi connectivity index (χ1v) is 33.3. The van der Waals surface area contributed by atoms with Crippen molar-refractivity contribution in [3.8, 4) is 0 Å². The summed E-state index contributed by atoms with van der Waals surface area (Å²) in [5.74, 6) is 1.42. The summed E-state index contributed by atoms with van der Waals surface area (Å²) in [6.07, 6.45) is 3.39. The zero-order valence-corrected chi connectivity index (χ0v) is 57.6. The maximum Gasteiger partial charge on any atom is 0.225 e. The van der Waals surface area contributed by atoms with Crippen LogP contribution >= 0.6 is 0 Å². The van der Waals surface area contributed by atoms with E-state index in [9.17, 15) is 19.2 Å². The zero-order valence-electron chi connectivity index (χ0n) is 57.6.